The maximum atomic E-state index is 13.7. The number of hydrogen-bond acceptors (Lipinski definition) is 3. The highest BCUT2D eigenvalue weighted by atomic mass is 19.1. The van der Waals surface area contributed by atoms with E-state index in [0.29, 0.717) is 11.3 Å². The third kappa shape index (κ3) is 2.97. The van der Waals surface area contributed by atoms with E-state index in [1.807, 2.05) is 19.0 Å². The maximum Gasteiger partial charge on any atom is 0.258 e. The van der Waals surface area contributed by atoms with E-state index < -0.39 is 5.82 Å². The summed E-state index contributed by atoms with van der Waals surface area (Å²) in [5, 5.41) is 0. The molecule has 0 heterocycles. The van der Waals surface area contributed by atoms with Crippen molar-refractivity contribution in [3.63, 3.8) is 0 Å². The third-order valence-corrected chi connectivity index (χ3v) is 3.27. The molecular formula is C16H18FN3O. The van der Waals surface area contributed by atoms with Crippen molar-refractivity contribution in [2.75, 3.05) is 36.7 Å². The number of benzene rings is 2. The van der Waals surface area contributed by atoms with Gasteiger partial charge in [0.1, 0.15) is 5.82 Å². The van der Waals surface area contributed by atoms with E-state index in [4.69, 9.17) is 5.73 Å². The standard InChI is InChI=1S/C16H18FN3O/c1-19(2)15-9-8-11(10-13(15)18)16(21)20(3)14-7-5-4-6-12(14)17/h4-10H,18H2,1-3H3. The Morgan fingerprint density at radius 2 is 1.71 bits per heavy atom. The lowest BCUT2D eigenvalue weighted by Crippen LogP contribution is -2.27. The number of rotatable bonds is 3. The van der Waals surface area contributed by atoms with E-state index >= 15 is 0 Å². The van der Waals surface area contributed by atoms with Crippen LogP contribution in [0.4, 0.5) is 21.5 Å². The van der Waals surface area contributed by atoms with Gasteiger partial charge in [0.05, 0.1) is 17.1 Å². The fourth-order valence-corrected chi connectivity index (χ4v) is 2.12. The van der Waals surface area contributed by atoms with Gasteiger partial charge in [-0.05, 0) is 30.3 Å². The fourth-order valence-electron chi connectivity index (χ4n) is 2.12. The SMILES string of the molecule is CN(C)c1ccc(C(=O)N(C)c2ccccc2F)cc1N. The molecule has 0 saturated carbocycles. The lowest BCUT2D eigenvalue weighted by Gasteiger charge is -2.20. The number of amides is 1. The summed E-state index contributed by atoms with van der Waals surface area (Å²) in [5.74, 6) is -0.747. The van der Waals surface area contributed by atoms with Crippen molar-refractivity contribution < 1.29 is 9.18 Å². The molecule has 0 bridgehead atoms. The van der Waals surface area contributed by atoms with Crippen molar-refractivity contribution in [3.05, 3.63) is 53.8 Å². The highest BCUT2D eigenvalue weighted by Crippen LogP contribution is 2.25. The molecule has 0 saturated heterocycles. The average Bonchev–Trinajstić information content (AvgIpc) is 2.45. The van der Waals surface area contributed by atoms with Crippen molar-refractivity contribution in [2.24, 2.45) is 0 Å². The van der Waals surface area contributed by atoms with Gasteiger partial charge in [0.15, 0.2) is 0 Å². The van der Waals surface area contributed by atoms with Gasteiger partial charge in [0.25, 0.3) is 5.91 Å². The molecule has 0 aromatic heterocycles. The van der Waals surface area contributed by atoms with Crippen LogP contribution in [0.2, 0.25) is 0 Å². The third-order valence-electron chi connectivity index (χ3n) is 3.27. The van der Waals surface area contributed by atoms with Gasteiger partial charge < -0.3 is 15.5 Å². The molecule has 1 amide bonds. The molecule has 2 N–H and O–H groups in total. The smallest absolute Gasteiger partial charge is 0.258 e. The zero-order valence-corrected chi connectivity index (χ0v) is 12.3. The number of nitrogens with zero attached hydrogens (tertiary/aromatic N) is 2. The molecule has 2 rings (SSSR count). The molecule has 0 fully saturated rings. The van der Waals surface area contributed by atoms with Gasteiger partial charge in [-0.25, -0.2) is 4.39 Å². The van der Waals surface area contributed by atoms with E-state index in [2.05, 4.69) is 0 Å². The van der Waals surface area contributed by atoms with Crippen LogP contribution in [-0.2, 0) is 0 Å². The van der Waals surface area contributed by atoms with Gasteiger partial charge in [-0.1, -0.05) is 12.1 Å². The summed E-state index contributed by atoms with van der Waals surface area (Å²) in [4.78, 5) is 15.6. The topological polar surface area (TPSA) is 49.6 Å². The van der Waals surface area contributed by atoms with Crippen molar-refractivity contribution in [2.45, 2.75) is 0 Å². The van der Waals surface area contributed by atoms with Gasteiger partial charge in [0, 0.05) is 26.7 Å². The maximum absolute atomic E-state index is 13.7. The Kier molecular flexibility index (Phi) is 4.12. The first-order valence-corrected chi connectivity index (χ1v) is 6.51. The lowest BCUT2D eigenvalue weighted by molar-refractivity contribution is 0.0992. The number of nitrogen functional groups attached to an aromatic ring is 1. The molecule has 0 spiro atoms. The van der Waals surface area contributed by atoms with Crippen LogP contribution in [0.1, 0.15) is 10.4 Å². The molecule has 4 nitrogen and oxygen atoms in total. The van der Waals surface area contributed by atoms with Gasteiger partial charge in [-0.3, -0.25) is 4.79 Å². The summed E-state index contributed by atoms with van der Waals surface area (Å²) in [6.07, 6.45) is 0. The summed E-state index contributed by atoms with van der Waals surface area (Å²) in [5.41, 5.74) is 7.94. The Morgan fingerprint density at radius 1 is 1.05 bits per heavy atom. The monoisotopic (exact) mass is 287 g/mol. The van der Waals surface area contributed by atoms with Gasteiger partial charge in [0.2, 0.25) is 0 Å². The first kappa shape index (κ1) is 14.8. The van der Waals surface area contributed by atoms with Crippen molar-refractivity contribution in [1.82, 2.24) is 0 Å². The fraction of sp³-hybridized carbons (Fsp3) is 0.188. The molecule has 2 aromatic rings. The van der Waals surface area contributed by atoms with Crippen molar-refractivity contribution in [1.29, 1.82) is 0 Å². The van der Waals surface area contributed by atoms with E-state index in [1.54, 1.807) is 36.4 Å². The number of halogens is 1. The van der Waals surface area contributed by atoms with Crippen LogP contribution in [0.3, 0.4) is 0 Å². The van der Waals surface area contributed by atoms with Crippen molar-refractivity contribution in [3.8, 4) is 0 Å². The summed E-state index contributed by atoms with van der Waals surface area (Å²) < 4.78 is 13.7. The summed E-state index contributed by atoms with van der Waals surface area (Å²) >= 11 is 0. The molecule has 5 heteroatoms. The predicted molar refractivity (Wildman–Crippen MR) is 84.3 cm³/mol. The molecular weight excluding hydrogens is 269 g/mol. The number of carbonyl (C=O) groups is 1. The van der Waals surface area contributed by atoms with Crippen LogP contribution >= 0.6 is 0 Å². The minimum atomic E-state index is -0.439. The van der Waals surface area contributed by atoms with Crippen LogP contribution in [0.15, 0.2) is 42.5 Å². The first-order valence-electron chi connectivity index (χ1n) is 6.51. The Hall–Kier alpha value is -2.56. The van der Waals surface area contributed by atoms with E-state index in [9.17, 15) is 9.18 Å². The molecule has 0 unspecified atom stereocenters. The summed E-state index contributed by atoms with van der Waals surface area (Å²) in [7, 11) is 5.29. The minimum Gasteiger partial charge on any atom is -0.397 e. The number of nitrogens with two attached hydrogens (primary N) is 1. The molecule has 0 radical (unpaired) electrons. The van der Waals surface area contributed by atoms with Crippen LogP contribution in [0.25, 0.3) is 0 Å². The number of anilines is 3. The molecule has 0 aliphatic carbocycles. The molecule has 110 valence electrons. The molecule has 0 aliphatic rings. The number of para-hydroxylation sites is 1. The lowest BCUT2D eigenvalue weighted by atomic mass is 10.1. The largest absolute Gasteiger partial charge is 0.397 e. The second kappa shape index (κ2) is 5.83. The summed E-state index contributed by atoms with van der Waals surface area (Å²) in [6.45, 7) is 0. The Bertz CT molecular complexity index is 670. The van der Waals surface area contributed by atoms with Gasteiger partial charge in [-0.2, -0.15) is 0 Å². The van der Waals surface area contributed by atoms with Gasteiger partial charge >= 0.3 is 0 Å². The van der Waals surface area contributed by atoms with E-state index in [1.165, 1.54) is 18.0 Å². The molecule has 2 aromatic carbocycles. The second-order valence-corrected chi connectivity index (χ2v) is 4.98. The normalized spacial score (nSPS) is 10.3. The first-order chi connectivity index (χ1) is 9.91. The van der Waals surface area contributed by atoms with Crippen molar-refractivity contribution >= 4 is 23.0 Å². The Labute approximate surface area is 123 Å². The van der Waals surface area contributed by atoms with Crippen LogP contribution < -0.4 is 15.5 Å². The number of carbonyl (C=O) groups excluding carboxylic acids is 1. The average molecular weight is 287 g/mol. The van der Waals surface area contributed by atoms with Gasteiger partial charge in [-0.15, -0.1) is 0 Å². The Balaban J connectivity index is 2.32. The van der Waals surface area contributed by atoms with Crippen LogP contribution in [0, 0.1) is 5.82 Å². The highest BCUT2D eigenvalue weighted by Gasteiger charge is 2.17. The second-order valence-electron chi connectivity index (χ2n) is 4.98. The number of hydrogen-bond donors (Lipinski definition) is 1. The molecule has 0 atom stereocenters. The van der Waals surface area contributed by atoms with E-state index in [-0.39, 0.29) is 11.6 Å². The zero-order valence-electron chi connectivity index (χ0n) is 12.3. The van der Waals surface area contributed by atoms with Crippen LogP contribution in [-0.4, -0.2) is 27.1 Å². The summed E-state index contributed by atoms with van der Waals surface area (Å²) in [6, 6.07) is 11.2. The predicted octanol–water partition coefficient (Wildman–Crippen LogP) is 2.75. The molecule has 0 aliphatic heterocycles. The minimum absolute atomic E-state index is 0.234. The van der Waals surface area contributed by atoms with E-state index in [0.717, 1.165) is 5.69 Å². The van der Waals surface area contributed by atoms with Crippen LogP contribution in [0.5, 0.6) is 0 Å². The Morgan fingerprint density at radius 3 is 2.29 bits per heavy atom. The highest BCUT2D eigenvalue weighted by molar-refractivity contribution is 6.06. The molecule has 21 heavy (non-hydrogen) atoms. The zero-order chi connectivity index (χ0) is 15.6. The quantitative estimate of drug-likeness (QED) is 0.883.